The molecule has 2 aromatic carbocycles. The lowest BCUT2D eigenvalue weighted by Gasteiger charge is -2.21. The van der Waals surface area contributed by atoms with Gasteiger partial charge in [0.1, 0.15) is 29.8 Å². The first-order chi connectivity index (χ1) is 14.2. The molecular formula is C21H19F3IN3O2. The van der Waals surface area contributed by atoms with Crippen LogP contribution < -0.4 is 10.1 Å². The molecule has 0 unspecified atom stereocenters. The molecule has 1 atom stereocenters. The molecule has 5 nitrogen and oxygen atoms in total. The van der Waals surface area contributed by atoms with Crippen LogP contribution in [0, 0.1) is 16.3 Å². The monoisotopic (exact) mass is 529 g/mol. The summed E-state index contributed by atoms with van der Waals surface area (Å²) < 4.78 is 49.3. The molecule has 3 aromatic rings. The Hall–Kier alpha value is -2.14. The molecule has 1 aliphatic rings. The largest absolute Gasteiger partial charge is 0.492 e. The van der Waals surface area contributed by atoms with E-state index in [1.54, 1.807) is 13.8 Å². The summed E-state index contributed by atoms with van der Waals surface area (Å²) in [5.41, 5.74) is 1.01. The topological polar surface area (TPSA) is 67.3 Å². The van der Waals surface area contributed by atoms with E-state index < -0.39 is 30.0 Å². The second-order valence-corrected chi connectivity index (χ2v) is 8.38. The Morgan fingerprint density at radius 1 is 1.33 bits per heavy atom. The second-order valence-electron chi connectivity index (χ2n) is 7.22. The third-order valence-corrected chi connectivity index (χ3v) is 5.95. The zero-order chi connectivity index (χ0) is 21.6. The number of anilines is 1. The standard InChI is InChI=1S/C21H19F3IN3O2/c1-10(12-4-3-5-15(17(12)22)21(23,24)9-29)26-20-14-8-16(25)19-13(6-7-30-19)18(14)27-11(2)28-20/h3-5,8,10,29H,6-7,9H2,1-2H3,(H,26,27,28)/t10-/m1/s1. The van der Waals surface area contributed by atoms with Crippen LogP contribution in [0.15, 0.2) is 24.3 Å². The predicted molar refractivity (Wildman–Crippen MR) is 116 cm³/mol. The zero-order valence-corrected chi connectivity index (χ0v) is 18.4. The molecule has 2 heterocycles. The van der Waals surface area contributed by atoms with E-state index in [0.29, 0.717) is 18.2 Å². The van der Waals surface area contributed by atoms with Crippen LogP contribution in [0.2, 0.25) is 0 Å². The molecule has 0 saturated carbocycles. The number of rotatable bonds is 5. The fourth-order valence-electron chi connectivity index (χ4n) is 3.68. The summed E-state index contributed by atoms with van der Waals surface area (Å²) in [6.45, 7) is 2.56. The minimum absolute atomic E-state index is 0.0595. The van der Waals surface area contributed by atoms with Crippen molar-refractivity contribution in [3.63, 3.8) is 0 Å². The number of hydrogen-bond donors (Lipinski definition) is 2. The Morgan fingerprint density at radius 3 is 2.83 bits per heavy atom. The molecule has 1 aliphatic heterocycles. The molecule has 0 spiro atoms. The quantitative estimate of drug-likeness (QED) is 0.462. The van der Waals surface area contributed by atoms with Crippen molar-refractivity contribution in [3.8, 4) is 5.75 Å². The summed E-state index contributed by atoms with van der Waals surface area (Å²) in [5, 5.41) is 12.8. The molecule has 0 amide bonds. The van der Waals surface area contributed by atoms with Gasteiger partial charge < -0.3 is 15.2 Å². The first-order valence-electron chi connectivity index (χ1n) is 9.39. The molecule has 0 radical (unpaired) electrons. The Morgan fingerprint density at radius 2 is 2.10 bits per heavy atom. The van der Waals surface area contributed by atoms with Crippen LogP contribution in [0.3, 0.4) is 0 Å². The van der Waals surface area contributed by atoms with Gasteiger partial charge in [-0.2, -0.15) is 8.78 Å². The molecule has 0 aliphatic carbocycles. The Labute approximate surface area is 184 Å². The van der Waals surface area contributed by atoms with Gasteiger partial charge in [-0.1, -0.05) is 12.1 Å². The lowest BCUT2D eigenvalue weighted by molar-refractivity contribution is -0.0583. The van der Waals surface area contributed by atoms with Crippen LogP contribution in [0.1, 0.15) is 35.5 Å². The van der Waals surface area contributed by atoms with Crippen molar-refractivity contribution in [3.05, 3.63) is 56.2 Å². The van der Waals surface area contributed by atoms with Crippen molar-refractivity contribution >= 4 is 39.3 Å². The summed E-state index contributed by atoms with van der Waals surface area (Å²) in [4.78, 5) is 9.04. The van der Waals surface area contributed by atoms with E-state index in [4.69, 9.17) is 9.84 Å². The van der Waals surface area contributed by atoms with Crippen LogP contribution in [0.5, 0.6) is 5.75 Å². The molecule has 0 saturated heterocycles. The van der Waals surface area contributed by atoms with Gasteiger partial charge in [-0.15, -0.1) is 0 Å². The summed E-state index contributed by atoms with van der Waals surface area (Å²) in [5.74, 6) is -2.85. The number of alkyl halides is 2. The fourth-order valence-corrected chi connectivity index (χ4v) is 4.47. The Bertz CT molecular complexity index is 1140. The van der Waals surface area contributed by atoms with Crippen molar-refractivity contribution in [2.45, 2.75) is 32.2 Å². The molecule has 30 heavy (non-hydrogen) atoms. The fraction of sp³-hybridized carbons (Fsp3) is 0.333. The molecule has 0 bridgehead atoms. The van der Waals surface area contributed by atoms with E-state index in [0.717, 1.165) is 38.3 Å². The summed E-state index contributed by atoms with van der Waals surface area (Å²) in [6.07, 6.45) is 0.737. The average Bonchev–Trinajstić information content (AvgIpc) is 3.20. The van der Waals surface area contributed by atoms with Crippen LogP contribution in [0.4, 0.5) is 19.0 Å². The van der Waals surface area contributed by atoms with Crippen molar-refractivity contribution in [2.75, 3.05) is 18.5 Å². The van der Waals surface area contributed by atoms with Gasteiger partial charge >= 0.3 is 0 Å². The van der Waals surface area contributed by atoms with Gasteiger partial charge in [0.15, 0.2) is 0 Å². The van der Waals surface area contributed by atoms with Crippen LogP contribution in [-0.2, 0) is 12.3 Å². The smallest absolute Gasteiger partial charge is 0.298 e. The van der Waals surface area contributed by atoms with Crippen LogP contribution >= 0.6 is 22.6 Å². The van der Waals surface area contributed by atoms with E-state index >= 15 is 0 Å². The average molecular weight is 529 g/mol. The number of benzene rings is 2. The van der Waals surface area contributed by atoms with E-state index in [1.807, 2.05) is 6.07 Å². The predicted octanol–water partition coefficient (Wildman–Crippen LogP) is 4.87. The number of nitrogens with one attached hydrogen (secondary N) is 1. The molecular weight excluding hydrogens is 510 g/mol. The maximum absolute atomic E-state index is 14.9. The lowest BCUT2D eigenvalue weighted by Crippen LogP contribution is -2.22. The van der Waals surface area contributed by atoms with Gasteiger partial charge in [0.2, 0.25) is 0 Å². The third kappa shape index (κ3) is 3.58. The third-order valence-electron chi connectivity index (χ3n) is 5.14. The van der Waals surface area contributed by atoms with E-state index in [2.05, 4.69) is 37.9 Å². The number of aromatic nitrogens is 2. The first kappa shape index (κ1) is 21.1. The van der Waals surface area contributed by atoms with Crippen LogP contribution in [-0.4, -0.2) is 28.3 Å². The first-order valence-corrected chi connectivity index (χ1v) is 10.5. The molecule has 4 rings (SSSR count). The maximum Gasteiger partial charge on any atom is 0.298 e. The minimum atomic E-state index is -3.66. The van der Waals surface area contributed by atoms with Crippen molar-refractivity contribution in [1.29, 1.82) is 0 Å². The van der Waals surface area contributed by atoms with Gasteiger partial charge in [-0.25, -0.2) is 14.4 Å². The van der Waals surface area contributed by atoms with E-state index in [9.17, 15) is 13.2 Å². The zero-order valence-electron chi connectivity index (χ0n) is 16.3. The summed E-state index contributed by atoms with van der Waals surface area (Å²) in [7, 11) is 0. The molecule has 9 heteroatoms. The number of nitrogens with zero attached hydrogens (tertiary/aromatic N) is 2. The number of hydrogen-bond acceptors (Lipinski definition) is 5. The highest BCUT2D eigenvalue weighted by atomic mass is 127. The summed E-state index contributed by atoms with van der Waals surface area (Å²) in [6, 6.07) is 5.03. The maximum atomic E-state index is 14.9. The van der Waals surface area contributed by atoms with E-state index in [1.165, 1.54) is 12.1 Å². The SMILES string of the molecule is Cc1nc(N[C@H](C)c2cccc(C(F)(F)CO)c2F)c2cc(I)c3c(c2n1)CCO3. The highest BCUT2D eigenvalue weighted by molar-refractivity contribution is 14.1. The van der Waals surface area contributed by atoms with Gasteiger partial charge in [0.25, 0.3) is 5.92 Å². The Kier molecular flexibility index (Phi) is 5.52. The van der Waals surface area contributed by atoms with Gasteiger partial charge in [0.05, 0.1) is 27.3 Å². The van der Waals surface area contributed by atoms with Gasteiger partial charge in [0, 0.05) is 22.9 Å². The van der Waals surface area contributed by atoms with Gasteiger partial charge in [-0.05, 0) is 48.6 Å². The second kappa shape index (κ2) is 7.84. The number of aliphatic hydroxyl groups is 1. The Balaban J connectivity index is 1.77. The lowest BCUT2D eigenvalue weighted by atomic mass is 10.00. The van der Waals surface area contributed by atoms with Crippen molar-refractivity contribution in [2.24, 2.45) is 0 Å². The summed E-state index contributed by atoms with van der Waals surface area (Å²) >= 11 is 2.19. The number of aliphatic hydroxyl groups excluding tert-OH is 1. The van der Waals surface area contributed by atoms with Gasteiger partial charge in [-0.3, -0.25) is 0 Å². The molecule has 1 aromatic heterocycles. The highest BCUT2D eigenvalue weighted by Gasteiger charge is 2.35. The molecule has 0 fully saturated rings. The molecule has 158 valence electrons. The number of ether oxygens (including phenoxy) is 1. The van der Waals surface area contributed by atoms with E-state index in [-0.39, 0.29) is 5.56 Å². The number of fused-ring (bicyclic) bond motifs is 3. The minimum Gasteiger partial charge on any atom is -0.492 e. The van der Waals surface area contributed by atoms with Crippen molar-refractivity contribution in [1.82, 2.24) is 9.97 Å². The highest BCUT2D eigenvalue weighted by Crippen LogP contribution is 2.39. The normalized spacial score (nSPS) is 14.5. The molecule has 2 N–H and O–H groups in total. The van der Waals surface area contributed by atoms with Crippen LogP contribution in [0.25, 0.3) is 10.9 Å². The number of halogens is 4. The number of aryl methyl sites for hydroxylation is 1. The van der Waals surface area contributed by atoms with Crippen molar-refractivity contribution < 1.29 is 23.0 Å².